The Morgan fingerprint density at radius 1 is 0.676 bits per heavy atom. The lowest BCUT2D eigenvalue weighted by Gasteiger charge is -2.56. The zero-order valence-corrected chi connectivity index (χ0v) is 22.8. The van der Waals surface area contributed by atoms with E-state index in [4.69, 9.17) is 11.7 Å². The van der Waals surface area contributed by atoms with Crippen LogP contribution in [0.25, 0.3) is 4.85 Å². The molecule has 10 fully saturated rings. The van der Waals surface area contributed by atoms with Gasteiger partial charge in [0.2, 0.25) is 5.91 Å². The predicted molar refractivity (Wildman–Crippen MR) is 141 cm³/mol. The molecule has 0 aromatic heterocycles. The van der Waals surface area contributed by atoms with Crippen LogP contribution >= 0.6 is 0 Å². The highest BCUT2D eigenvalue weighted by Gasteiger charge is 2.59. The van der Waals surface area contributed by atoms with E-state index in [-0.39, 0.29) is 18.0 Å². The van der Waals surface area contributed by atoms with Crippen molar-refractivity contribution in [3.05, 3.63) is 11.4 Å². The highest BCUT2D eigenvalue weighted by molar-refractivity contribution is 5.80. The normalized spacial score (nSPS) is 51.1. The molecule has 10 rings (SSSR count). The Bertz CT molecular complexity index is 929. The van der Waals surface area contributed by atoms with E-state index < -0.39 is 5.97 Å². The maximum absolute atomic E-state index is 13.2. The number of rotatable bonds is 4. The molecule has 10 aliphatic rings. The molecule has 0 aromatic rings. The molecule has 1 amide bonds. The van der Waals surface area contributed by atoms with Crippen LogP contribution in [0.3, 0.4) is 0 Å². The number of fused-ring (bicyclic) bond motifs is 1. The largest absolute Gasteiger partial charge is 0.481 e. The van der Waals surface area contributed by atoms with E-state index in [9.17, 15) is 9.59 Å². The number of aliphatic carboxylic acids is 1. The number of carbonyl (C=O) groups is 2. The number of hydrogen-bond acceptors (Lipinski definition) is 2. The fraction of sp³-hybridized carbons (Fsp3) is 0.906. The molecule has 8 bridgehead atoms. The molecule has 9 saturated carbocycles. The van der Waals surface area contributed by atoms with Crippen LogP contribution in [0.4, 0.5) is 0 Å². The average Bonchev–Trinajstić information content (AvgIpc) is 3.52. The highest BCUT2D eigenvalue weighted by atomic mass is 16.4. The summed E-state index contributed by atoms with van der Waals surface area (Å²) in [7, 11) is 0. The molecule has 0 aromatic carbocycles. The van der Waals surface area contributed by atoms with Crippen molar-refractivity contribution in [1.29, 1.82) is 0 Å². The van der Waals surface area contributed by atoms with Crippen LogP contribution in [0.1, 0.15) is 90.9 Å². The van der Waals surface area contributed by atoms with Crippen LogP contribution in [-0.4, -0.2) is 34.1 Å². The number of carboxylic acids is 1. The van der Waals surface area contributed by atoms with Gasteiger partial charge in [0.15, 0.2) is 0 Å². The highest BCUT2D eigenvalue weighted by Crippen LogP contribution is 2.60. The van der Waals surface area contributed by atoms with E-state index in [1.165, 1.54) is 64.2 Å². The van der Waals surface area contributed by atoms with Gasteiger partial charge in [-0.15, -0.1) is 0 Å². The maximum atomic E-state index is 13.2. The lowest BCUT2D eigenvalue weighted by molar-refractivity contribution is -0.150. The van der Waals surface area contributed by atoms with Crippen LogP contribution in [-0.2, 0) is 9.59 Å². The van der Waals surface area contributed by atoms with Gasteiger partial charge in [-0.05, 0) is 136 Å². The number of likely N-dealkylation sites (tertiary alicyclic amines) is 1. The second-order valence-electron chi connectivity index (χ2n) is 15.1. The van der Waals surface area contributed by atoms with E-state index >= 15 is 0 Å². The molecule has 1 aliphatic heterocycles. The Kier molecular flexibility index (Phi) is 5.94. The summed E-state index contributed by atoms with van der Waals surface area (Å²) in [5.74, 6) is 8.48. The number of nitrogens with zero attached hydrogens (tertiary/aromatic N) is 2. The second-order valence-corrected chi connectivity index (χ2v) is 15.1. The minimum Gasteiger partial charge on any atom is -0.481 e. The quantitative estimate of drug-likeness (QED) is 0.453. The predicted octanol–water partition coefficient (Wildman–Crippen LogP) is 6.34. The SMILES string of the molecule is CC(C(=O)O)C1C2CC3CC(C2)CC1C3.[C-]#[N+]C1C[C@@H]2C[C@@H]2N1C(=O)C(C)C1C2CC3CC(C2)CC1C3. The fourth-order valence-electron chi connectivity index (χ4n) is 12.0. The summed E-state index contributed by atoms with van der Waals surface area (Å²) in [6.07, 6.45) is 15.7. The minimum absolute atomic E-state index is 0.111. The number of carboxylic acid groups (broad SMARTS) is 1. The van der Waals surface area contributed by atoms with Gasteiger partial charge in [-0.2, -0.15) is 0 Å². The van der Waals surface area contributed by atoms with E-state index in [0.717, 1.165) is 60.2 Å². The summed E-state index contributed by atoms with van der Waals surface area (Å²) in [6.45, 7) is 11.5. The third kappa shape index (κ3) is 4.06. The molecule has 1 saturated heterocycles. The summed E-state index contributed by atoms with van der Waals surface area (Å²) in [5.41, 5.74) is 0. The van der Waals surface area contributed by atoms with Gasteiger partial charge in [-0.25, -0.2) is 6.57 Å². The van der Waals surface area contributed by atoms with Gasteiger partial charge in [-0.1, -0.05) is 13.8 Å². The Morgan fingerprint density at radius 3 is 1.51 bits per heavy atom. The lowest BCUT2D eigenvalue weighted by atomic mass is 9.49. The van der Waals surface area contributed by atoms with Crippen molar-refractivity contribution in [2.24, 2.45) is 76.9 Å². The first-order valence-corrected chi connectivity index (χ1v) is 15.7. The molecule has 0 spiro atoms. The number of piperidine rings is 1. The third-order valence-electron chi connectivity index (χ3n) is 13.0. The molecule has 37 heavy (non-hydrogen) atoms. The zero-order chi connectivity index (χ0) is 25.6. The lowest BCUT2D eigenvalue weighted by Crippen LogP contribution is -2.51. The third-order valence-corrected chi connectivity index (χ3v) is 13.0. The first-order chi connectivity index (χ1) is 17.8. The summed E-state index contributed by atoms with van der Waals surface area (Å²) in [4.78, 5) is 30.0. The van der Waals surface area contributed by atoms with Gasteiger partial charge in [0.1, 0.15) is 0 Å². The summed E-state index contributed by atoms with van der Waals surface area (Å²) < 4.78 is 0. The van der Waals surface area contributed by atoms with Gasteiger partial charge in [-0.3, -0.25) is 19.3 Å². The smallest absolute Gasteiger partial charge is 0.306 e. The molecule has 3 unspecified atom stereocenters. The van der Waals surface area contributed by atoms with Gasteiger partial charge >= 0.3 is 12.1 Å². The molecular weight excluding hydrogens is 460 g/mol. The van der Waals surface area contributed by atoms with E-state index in [2.05, 4.69) is 11.8 Å². The number of hydrogen-bond donors (Lipinski definition) is 1. The van der Waals surface area contributed by atoms with Gasteiger partial charge in [0.25, 0.3) is 0 Å². The van der Waals surface area contributed by atoms with E-state index in [0.29, 0.717) is 29.7 Å². The maximum Gasteiger partial charge on any atom is 0.306 e. The van der Waals surface area contributed by atoms with Gasteiger partial charge in [0, 0.05) is 18.4 Å². The van der Waals surface area contributed by atoms with Crippen molar-refractivity contribution in [1.82, 2.24) is 4.90 Å². The van der Waals surface area contributed by atoms with Crippen molar-refractivity contribution in [3.8, 4) is 0 Å². The zero-order valence-electron chi connectivity index (χ0n) is 22.8. The Balaban J connectivity index is 0.000000135. The molecule has 202 valence electrons. The van der Waals surface area contributed by atoms with Crippen molar-refractivity contribution < 1.29 is 14.7 Å². The molecular formula is C32H46N2O3. The molecule has 5 nitrogen and oxygen atoms in total. The molecule has 5 heteroatoms. The standard InChI is InChI=1S/C19H26N2O.C13H20O2/c1-10(19(22)21-16-8-13(16)9-17(21)20-2)18-14-4-11-3-12(6-14)7-15(18)5-11;1-7(13(14)15)12-10-3-8-2-9(5-10)6-11(12)4-8/h10-18H,3-9H2,1H3;7-12H,2-6H2,1H3,(H,14,15)/t10?,11?,12?,13-,14?,15?,16-,17?,18?;/m0./s1. The van der Waals surface area contributed by atoms with Crippen molar-refractivity contribution in [2.45, 2.75) is 103 Å². The van der Waals surface area contributed by atoms with Crippen molar-refractivity contribution in [3.63, 3.8) is 0 Å². The van der Waals surface area contributed by atoms with E-state index in [1.54, 1.807) is 0 Å². The Labute approximate surface area is 222 Å². The fourth-order valence-corrected chi connectivity index (χ4v) is 12.0. The monoisotopic (exact) mass is 506 g/mol. The molecule has 1 heterocycles. The molecule has 5 atom stereocenters. The van der Waals surface area contributed by atoms with Gasteiger partial charge < -0.3 is 5.11 Å². The average molecular weight is 507 g/mol. The summed E-state index contributed by atoms with van der Waals surface area (Å²) in [5, 5.41) is 9.17. The molecule has 0 radical (unpaired) electrons. The Hall–Kier alpha value is -1.57. The van der Waals surface area contributed by atoms with Crippen LogP contribution in [0.5, 0.6) is 0 Å². The summed E-state index contributed by atoms with van der Waals surface area (Å²) >= 11 is 0. The molecule has 9 aliphatic carbocycles. The van der Waals surface area contributed by atoms with Gasteiger partial charge in [0.05, 0.1) is 5.92 Å². The Morgan fingerprint density at radius 2 is 1.11 bits per heavy atom. The number of amides is 1. The van der Waals surface area contributed by atoms with Crippen LogP contribution in [0.15, 0.2) is 0 Å². The minimum atomic E-state index is -0.576. The first-order valence-electron chi connectivity index (χ1n) is 15.7. The number of carbonyl (C=O) groups excluding carboxylic acids is 1. The summed E-state index contributed by atoms with van der Waals surface area (Å²) in [6, 6.07) is 0.422. The molecule has 1 N–H and O–H groups in total. The van der Waals surface area contributed by atoms with Crippen LogP contribution < -0.4 is 0 Å². The van der Waals surface area contributed by atoms with Crippen LogP contribution in [0.2, 0.25) is 0 Å². The second kappa shape index (κ2) is 8.99. The van der Waals surface area contributed by atoms with E-state index in [1.807, 2.05) is 11.8 Å². The van der Waals surface area contributed by atoms with Crippen LogP contribution in [0, 0.1) is 83.5 Å². The first kappa shape index (κ1) is 24.5. The van der Waals surface area contributed by atoms with Crippen molar-refractivity contribution >= 4 is 11.9 Å². The topological polar surface area (TPSA) is 62.0 Å². The van der Waals surface area contributed by atoms with Crippen molar-refractivity contribution in [2.75, 3.05) is 0 Å².